The Balaban J connectivity index is 1.96. The molecule has 6 nitrogen and oxygen atoms in total. The minimum absolute atomic E-state index is 0.247. The van der Waals surface area contributed by atoms with Gasteiger partial charge in [-0.15, -0.1) is 10.2 Å². The summed E-state index contributed by atoms with van der Waals surface area (Å²) in [6.07, 6.45) is 3.54. The molecule has 1 unspecified atom stereocenters. The fourth-order valence-electron chi connectivity index (χ4n) is 2.87. The molecule has 3 heterocycles. The van der Waals surface area contributed by atoms with Gasteiger partial charge < -0.3 is 10.1 Å². The lowest BCUT2D eigenvalue weighted by Gasteiger charge is -2.13. The van der Waals surface area contributed by atoms with Gasteiger partial charge in [-0.1, -0.05) is 6.92 Å². The molecule has 6 heteroatoms. The minimum atomic E-state index is 0.247. The van der Waals surface area contributed by atoms with Crippen molar-refractivity contribution in [1.29, 1.82) is 0 Å². The van der Waals surface area contributed by atoms with Crippen LogP contribution in [0.5, 0.6) is 5.75 Å². The Morgan fingerprint density at radius 2 is 2.00 bits per heavy atom. The third kappa shape index (κ3) is 2.23. The number of pyridine rings is 1. The largest absolute Gasteiger partial charge is 0.497 e. The molecule has 1 N–H and O–H groups in total. The van der Waals surface area contributed by atoms with E-state index in [0.29, 0.717) is 0 Å². The lowest BCUT2D eigenvalue weighted by Crippen LogP contribution is -2.09. The van der Waals surface area contributed by atoms with Crippen LogP contribution in [0.3, 0.4) is 0 Å². The molecule has 0 bridgehead atoms. The van der Waals surface area contributed by atoms with Gasteiger partial charge in [0.15, 0.2) is 5.82 Å². The van der Waals surface area contributed by atoms with E-state index in [0.717, 1.165) is 40.9 Å². The second-order valence-electron chi connectivity index (χ2n) is 5.62. The number of methoxy groups -OCH3 is 1. The van der Waals surface area contributed by atoms with Gasteiger partial charge in [-0.25, -0.2) is 0 Å². The smallest absolute Gasteiger partial charge is 0.168 e. The summed E-state index contributed by atoms with van der Waals surface area (Å²) in [6, 6.07) is 9.90. The van der Waals surface area contributed by atoms with E-state index >= 15 is 0 Å². The molecular weight excluding hydrogens is 290 g/mol. The van der Waals surface area contributed by atoms with Crippen LogP contribution in [0, 0.1) is 0 Å². The summed E-state index contributed by atoms with van der Waals surface area (Å²) in [4.78, 5) is 4.08. The first-order valence-corrected chi connectivity index (χ1v) is 7.56. The second-order valence-corrected chi connectivity index (χ2v) is 5.62. The molecule has 0 saturated carbocycles. The van der Waals surface area contributed by atoms with Gasteiger partial charge in [-0.3, -0.25) is 9.55 Å². The highest BCUT2D eigenvalue weighted by atomic mass is 16.5. The van der Waals surface area contributed by atoms with Crippen LogP contribution in [-0.2, 0) is 0 Å². The molecule has 0 amide bonds. The highest BCUT2D eigenvalue weighted by Crippen LogP contribution is 2.35. The molecule has 23 heavy (non-hydrogen) atoms. The highest BCUT2D eigenvalue weighted by Gasteiger charge is 2.25. The number of benzene rings is 1. The van der Waals surface area contributed by atoms with Crippen molar-refractivity contribution < 1.29 is 4.74 Å². The summed E-state index contributed by atoms with van der Waals surface area (Å²) >= 11 is 0. The zero-order chi connectivity index (χ0) is 15.8. The van der Waals surface area contributed by atoms with Gasteiger partial charge in [0.25, 0.3) is 0 Å². The van der Waals surface area contributed by atoms with Crippen LogP contribution in [-0.4, -0.2) is 33.4 Å². The molecule has 1 aliphatic heterocycles. The molecule has 0 radical (unpaired) electrons. The standard InChI is InChI=1S/C17H17N5O/c1-11-10-19-14-9-13(23-2)3-4-15(14)22-16(11)20-21-17(22)12-5-7-18-8-6-12/h3-9,11,19H,10H2,1-2H3. The van der Waals surface area contributed by atoms with Crippen molar-refractivity contribution in [2.24, 2.45) is 0 Å². The van der Waals surface area contributed by atoms with Crippen LogP contribution in [0.4, 0.5) is 5.69 Å². The minimum Gasteiger partial charge on any atom is -0.497 e. The van der Waals surface area contributed by atoms with Crippen LogP contribution in [0.25, 0.3) is 17.1 Å². The van der Waals surface area contributed by atoms with E-state index in [4.69, 9.17) is 4.74 Å². The monoisotopic (exact) mass is 307 g/mol. The number of nitrogens with one attached hydrogen (secondary N) is 1. The molecule has 2 aromatic heterocycles. The van der Waals surface area contributed by atoms with Gasteiger partial charge in [0, 0.05) is 36.5 Å². The average Bonchev–Trinajstić information content (AvgIpc) is 2.99. The Morgan fingerprint density at radius 3 is 2.78 bits per heavy atom. The third-order valence-corrected chi connectivity index (χ3v) is 4.11. The molecule has 0 aliphatic carbocycles. The van der Waals surface area contributed by atoms with E-state index < -0.39 is 0 Å². The first-order chi connectivity index (χ1) is 11.3. The van der Waals surface area contributed by atoms with Crippen LogP contribution >= 0.6 is 0 Å². The van der Waals surface area contributed by atoms with Crippen molar-refractivity contribution >= 4 is 5.69 Å². The zero-order valence-electron chi connectivity index (χ0n) is 13.0. The molecule has 116 valence electrons. The van der Waals surface area contributed by atoms with Crippen molar-refractivity contribution in [1.82, 2.24) is 19.7 Å². The van der Waals surface area contributed by atoms with E-state index in [9.17, 15) is 0 Å². The average molecular weight is 307 g/mol. The number of ether oxygens (including phenoxy) is 1. The Kier molecular flexibility index (Phi) is 3.22. The third-order valence-electron chi connectivity index (χ3n) is 4.11. The Bertz CT molecular complexity index is 843. The number of anilines is 1. The fourth-order valence-corrected chi connectivity index (χ4v) is 2.87. The predicted octanol–water partition coefficient (Wildman–Crippen LogP) is 2.87. The SMILES string of the molecule is COc1ccc2c(c1)NCC(C)c1nnc(-c3ccncc3)n1-2. The topological polar surface area (TPSA) is 64.9 Å². The lowest BCUT2D eigenvalue weighted by atomic mass is 10.1. The quantitative estimate of drug-likeness (QED) is 0.788. The maximum Gasteiger partial charge on any atom is 0.168 e. The highest BCUT2D eigenvalue weighted by molar-refractivity contribution is 5.69. The van der Waals surface area contributed by atoms with E-state index in [1.54, 1.807) is 19.5 Å². The van der Waals surface area contributed by atoms with E-state index in [-0.39, 0.29) is 5.92 Å². The summed E-state index contributed by atoms with van der Waals surface area (Å²) in [7, 11) is 1.67. The fraction of sp³-hybridized carbons (Fsp3) is 0.235. The molecule has 1 atom stereocenters. The number of hydrogen-bond acceptors (Lipinski definition) is 5. The van der Waals surface area contributed by atoms with Crippen molar-refractivity contribution in [3.63, 3.8) is 0 Å². The molecule has 1 aromatic carbocycles. The molecule has 0 spiro atoms. The molecular formula is C17H17N5O. The van der Waals surface area contributed by atoms with Gasteiger partial charge in [0.05, 0.1) is 18.5 Å². The van der Waals surface area contributed by atoms with Crippen molar-refractivity contribution in [3.8, 4) is 22.8 Å². The summed E-state index contributed by atoms with van der Waals surface area (Å²) in [5.41, 5.74) is 3.04. The van der Waals surface area contributed by atoms with E-state index in [1.165, 1.54) is 0 Å². The van der Waals surface area contributed by atoms with Crippen molar-refractivity contribution in [2.75, 3.05) is 19.0 Å². The molecule has 1 aliphatic rings. The lowest BCUT2D eigenvalue weighted by molar-refractivity contribution is 0.415. The van der Waals surface area contributed by atoms with E-state index in [2.05, 4.69) is 32.0 Å². The van der Waals surface area contributed by atoms with Gasteiger partial charge >= 0.3 is 0 Å². The number of aromatic nitrogens is 4. The van der Waals surface area contributed by atoms with E-state index in [1.807, 2.05) is 30.3 Å². The molecule has 4 rings (SSSR count). The summed E-state index contributed by atoms with van der Waals surface area (Å²) in [5.74, 6) is 2.85. The normalized spacial score (nSPS) is 16.0. The van der Waals surface area contributed by atoms with Gasteiger partial charge in [-0.2, -0.15) is 0 Å². The molecule has 0 saturated heterocycles. The van der Waals surface area contributed by atoms with Crippen LogP contribution in [0.2, 0.25) is 0 Å². The number of nitrogens with zero attached hydrogens (tertiary/aromatic N) is 4. The summed E-state index contributed by atoms with van der Waals surface area (Å²) < 4.78 is 7.46. The second kappa shape index (κ2) is 5.39. The van der Waals surface area contributed by atoms with Crippen LogP contribution in [0.15, 0.2) is 42.7 Å². The zero-order valence-corrected chi connectivity index (χ0v) is 13.0. The van der Waals surface area contributed by atoms with Gasteiger partial charge in [0.1, 0.15) is 11.6 Å². The Hall–Kier alpha value is -2.89. The first kappa shape index (κ1) is 13.8. The maximum atomic E-state index is 5.34. The summed E-state index contributed by atoms with van der Waals surface area (Å²) in [6.45, 7) is 2.95. The summed E-state index contributed by atoms with van der Waals surface area (Å²) in [5, 5.41) is 12.3. The maximum absolute atomic E-state index is 5.34. The van der Waals surface area contributed by atoms with Crippen LogP contribution < -0.4 is 10.1 Å². The first-order valence-electron chi connectivity index (χ1n) is 7.56. The molecule has 3 aromatic rings. The predicted molar refractivity (Wildman–Crippen MR) is 88.0 cm³/mol. The van der Waals surface area contributed by atoms with Gasteiger partial charge in [0.2, 0.25) is 0 Å². The van der Waals surface area contributed by atoms with Crippen LogP contribution in [0.1, 0.15) is 18.7 Å². The number of hydrogen-bond donors (Lipinski definition) is 1. The Morgan fingerprint density at radius 1 is 1.17 bits per heavy atom. The number of fused-ring (bicyclic) bond motifs is 3. The molecule has 0 fully saturated rings. The Labute approximate surface area is 134 Å². The van der Waals surface area contributed by atoms with Gasteiger partial charge in [-0.05, 0) is 24.3 Å². The van der Waals surface area contributed by atoms with Crippen molar-refractivity contribution in [2.45, 2.75) is 12.8 Å². The number of rotatable bonds is 2. The van der Waals surface area contributed by atoms with Crippen molar-refractivity contribution in [3.05, 3.63) is 48.5 Å².